The summed E-state index contributed by atoms with van der Waals surface area (Å²) in [5, 5.41) is 2.14. The smallest absolute Gasteiger partial charge is 0.179 e. The highest BCUT2D eigenvalue weighted by Gasteiger charge is 2.20. The number of likely N-dealkylation sites (N-methyl/N-ethyl adjacent to an activating group) is 1. The van der Waals surface area contributed by atoms with Crippen LogP contribution in [0.2, 0.25) is 0 Å². The zero-order chi connectivity index (χ0) is 14.7. The lowest BCUT2D eigenvalue weighted by molar-refractivity contribution is 0.0871. The minimum atomic E-state index is -0.0642. The number of rotatable bonds is 5. The normalized spacial score (nSPS) is 12.7. The molecule has 2 aromatic carbocycles. The number of Topliss-reactive ketones (excluding diaryl/α,β-unsaturated/α-hetero) is 1. The molecule has 0 aliphatic heterocycles. The summed E-state index contributed by atoms with van der Waals surface area (Å²) in [5.74, 6) is 1.01. The second-order valence-electron chi connectivity index (χ2n) is 5.18. The molecule has 0 radical (unpaired) electrons. The van der Waals surface area contributed by atoms with Crippen LogP contribution in [0.3, 0.4) is 0 Å². The van der Waals surface area contributed by atoms with Gasteiger partial charge in [0.15, 0.2) is 5.78 Å². The first-order valence-electron chi connectivity index (χ1n) is 6.85. The topological polar surface area (TPSA) is 29.5 Å². The van der Waals surface area contributed by atoms with Crippen LogP contribution in [-0.4, -0.2) is 37.9 Å². The molecule has 1 atom stereocenters. The third kappa shape index (κ3) is 2.83. The van der Waals surface area contributed by atoms with Gasteiger partial charge >= 0.3 is 0 Å². The highest BCUT2D eigenvalue weighted by molar-refractivity contribution is 6.03. The average molecular weight is 271 g/mol. The monoisotopic (exact) mass is 271 g/mol. The van der Waals surface area contributed by atoms with E-state index in [2.05, 4.69) is 0 Å². The van der Waals surface area contributed by atoms with E-state index in [1.807, 2.05) is 62.3 Å². The number of ketones is 1. The molecule has 3 nitrogen and oxygen atoms in total. The van der Waals surface area contributed by atoms with Crippen molar-refractivity contribution in [3.63, 3.8) is 0 Å². The lowest BCUT2D eigenvalue weighted by Gasteiger charge is -2.21. The van der Waals surface area contributed by atoms with Crippen LogP contribution in [-0.2, 0) is 0 Å². The molecule has 0 saturated heterocycles. The summed E-state index contributed by atoms with van der Waals surface area (Å²) in [6.45, 7) is 2.04. The van der Waals surface area contributed by atoms with E-state index < -0.39 is 0 Å². The van der Waals surface area contributed by atoms with Crippen LogP contribution in [0.4, 0.5) is 0 Å². The van der Waals surface area contributed by atoms with Gasteiger partial charge in [-0.05, 0) is 49.5 Å². The molecule has 0 aliphatic carbocycles. The zero-order valence-corrected chi connectivity index (χ0v) is 12.5. The molecule has 0 amide bonds. The SMILES string of the molecule is CCC(C(=O)c1ccc2cc(OC)ccc2c1)N(C)C. The van der Waals surface area contributed by atoms with Crippen molar-refractivity contribution in [1.82, 2.24) is 4.90 Å². The predicted octanol–water partition coefficient (Wildman–Crippen LogP) is 3.37. The number of hydrogen-bond donors (Lipinski definition) is 0. The van der Waals surface area contributed by atoms with Crippen molar-refractivity contribution in [3.8, 4) is 5.75 Å². The number of carbonyl (C=O) groups excluding carboxylic acids is 1. The van der Waals surface area contributed by atoms with E-state index in [0.29, 0.717) is 0 Å². The van der Waals surface area contributed by atoms with Crippen molar-refractivity contribution in [1.29, 1.82) is 0 Å². The van der Waals surface area contributed by atoms with Crippen molar-refractivity contribution in [2.45, 2.75) is 19.4 Å². The van der Waals surface area contributed by atoms with Gasteiger partial charge in [-0.15, -0.1) is 0 Å². The van der Waals surface area contributed by atoms with Gasteiger partial charge < -0.3 is 4.74 Å². The van der Waals surface area contributed by atoms with E-state index in [1.54, 1.807) is 7.11 Å². The molecule has 0 fully saturated rings. The Bertz CT molecular complexity index is 619. The maximum atomic E-state index is 12.5. The second-order valence-corrected chi connectivity index (χ2v) is 5.18. The van der Waals surface area contributed by atoms with Crippen molar-refractivity contribution in [3.05, 3.63) is 42.0 Å². The van der Waals surface area contributed by atoms with Crippen molar-refractivity contribution in [2.24, 2.45) is 0 Å². The number of methoxy groups -OCH3 is 1. The van der Waals surface area contributed by atoms with Gasteiger partial charge in [0.05, 0.1) is 13.2 Å². The van der Waals surface area contributed by atoms with Gasteiger partial charge in [-0.3, -0.25) is 9.69 Å². The Labute approximate surface area is 120 Å². The van der Waals surface area contributed by atoms with Gasteiger partial charge in [0, 0.05) is 5.56 Å². The van der Waals surface area contributed by atoms with Crippen molar-refractivity contribution in [2.75, 3.05) is 21.2 Å². The summed E-state index contributed by atoms with van der Waals surface area (Å²) in [7, 11) is 5.54. The summed E-state index contributed by atoms with van der Waals surface area (Å²) in [6, 6.07) is 11.7. The molecule has 0 saturated carbocycles. The van der Waals surface area contributed by atoms with Crippen molar-refractivity contribution >= 4 is 16.6 Å². The standard InChI is InChI=1S/C17H21NO2/c1-5-16(18(2)3)17(19)14-7-6-13-11-15(20-4)9-8-12(13)10-14/h6-11,16H,5H2,1-4H3. The van der Waals surface area contributed by atoms with E-state index in [-0.39, 0.29) is 11.8 Å². The first-order chi connectivity index (χ1) is 9.56. The molecule has 2 aromatic rings. The number of hydrogen-bond acceptors (Lipinski definition) is 3. The highest BCUT2D eigenvalue weighted by Crippen LogP contribution is 2.23. The van der Waals surface area contributed by atoms with Gasteiger partial charge in [-0.2, -0.15) is 0 Å². The second kappa shape index (κ2) is 6.06. The van der Waals surface area contributed by atoms with Gasteiger partial charge in [0.25, 0.3) is 0 Å². The fraction of sp³-hybridized carbons (Fsp3) is 0.353. The minimum Gasteiger partial charge on any atom is -0.497 e. The van der Waals surface area contributed by atoms with E-state index in [4.69, 9.17) is 4.74 Å². The predicted molar refractivity (Wildman–Crippen MR) is 82.6 cm³/mol. The number of fused-ring (bicyclic) bond motifs is 1. The first-order valence-corrected chi connectivity index (χ1v) is 6.85. The maximum absolute atomic E-state index is 12.5. The average Bonchev–Trinajstić information content (AvgIpc) is 2.46. The Balaban J connectivity index is 2.39. The number of benzene rings is 2. The minimum absolute atomic E-state index is 0.0642. The maximum Gasteiger partial charge on any atom is 0.179 e. The molecule has 2 rings (SSSR count). The Hall–Kier alpha value is -1.87. The summed E-state index contributed by atoms with van der Waals surface area (Å²) in [4.78, 5) is 14.5. The van der Waals surface area contributed by atoms with E-state index in [9.17, 15) is 4.79 Å². The molecule has 0 aromatic heterocycles. The first kappa shape index (κ1) is 14.5. The van der Waals surface area contributed by atoms with Crippen LogP contribution >= 0.6 is 0 Å². The molecule has 0 spiro atoms. The summed E-state index contributed by atoms with van der Waals surface area (Å²) in [5.41, 5.74) is 0.767. The molecule has 20 heavy (non-hydrogen) atoms. The summed E-state index contributed by atoms with van der Waals surface area (Å²) < 4.78 is 5.21. The summed E-state index contributed by atoms with van der Waals surface area (Å²) in [6.07, 6.45) is 0.812. The van der Waals surface area contributed by atoms with Crippen LogP contribution in [0.5, 0.6) is 5.75 Å². The van der Waals surface area contributed by atoms with E-state index >= 15 is 0 Å². The molecule has 0 aliphatic rings. The van der Waals surface area contributed by atoms with Crippen LogP contribution in [0, 0.1) is 0 Å². The van der Waals surface area contributed by atoms with Crippen LogP contribution in [0.1, 0.15) is 23.7 Å². The fourth-order valence-corrected chi connectivity index (χ4v) is 2.48. The number of ether oxygens (including phenoxy) is 1. The zero-order valence-electron chi connectivity index (χ0n) is 12.5. The third-order valence-corrected chi connectivity index (χ3v) is 3.64. The van der Waals surface area contributed by atoms with Crippen LogP contribution in [0.15, 0.2) is 36.4 Å². The van der Waals surface area contributed by atoms with E-state index in [0.717, 1.165) is 28.5 Å². The molecule has 0 heterocycles. The largest absolute Gasteiger partial charge is 0.497 e. The molecule has 0 N–H and O–H groups in total. The molecule has 1 unspecified atom stereocenters. The van der Waals surface area contributed by atoms with Crippen LogP contribution in [0.25, 0.3) is 10.8 Å². The Morgan fingerprint density at radius 1 is 1.15 bits per heavy atom. The van der Waals surface area contributed by atoms with E-state index in [1.165, 1.54) is 0 Å². The number of nitrogens with zero attached hydrogens (tertiary/aromatic N) is 1. The molecular formula is C17H21NO2. The quantitative estimate of drug-likeness (QED) is 0.781. The Morgan fingerprint density at radius 2 is 1.80 bits per heavy atom. The Kier molecular flexibility index (Phi) is 4.40. The van der Waals surface area contributed by atoms with Gasteiger partial charge in [-0.1, -0.05) is 25.1 Å². The van der Waals surface area contributed by atoms with Gasteiger partial charge in [0.1, 0.15) is 5.75 Å². The molecule has 3 heteroatoms. The molecular weight excluding hydrogens is 250 g/mol. The van der Waals surface area contributed by atoms with Crippen LogP contribution < -0.4 is 4.74 Å². The molecule has 106 valence electrons. The van der Waals surface area contributed by atoms with Crippen molar-refractivity contribution < 1.29 is 9.53 Å². The fourth-order valence-electron chi connectivity index (χ4n) is 2.48. The summed E-state index contributed by atoms with van der Waals surface area (Å²) >= 11 is 0. The molecule has 0 bridgehead atoms. The lowest BCUT2D eigenvalue weighted by atomic mass is 9.98. The third-order valence-electron chi connectivity index (χ3n) is 3.64. The Morgan fingerprint density at radius 3 is 2.40 bits per heavy atom. The van der Waals surface area contributed by atoms with Gasteiger partial charge in [0.2, 0.25) is 0 Å². The highest BCUT2D eigenvalue weighted by atomic mass is 16.5. The van der Waals surface area contributed by atoms with Gasteiger partial charge in [-0.25, -0.2) is 0 Å². The lowest BCUT2D eigenvalue weighted by Crippen LogP contribution is -2.35. The number of carbonyl (C=O) groups is 1.